The van der Waals surface area contributed by atoms with Gasteiger partial charge in [-0.1, -0.05) is 30.3 Å². The Morgan fingerprint density at radius 3 is 2.31 bits per heavy atom. The summed E-state index contributed by atoms with van der Waals surface area (Å²) < 4.78 is 38.5. The monoisotopic (exact) mass is 420 g/mol. The van der Waals surface area contributed by atoms with E-state index in [1.165, 1.54) is 12.1 Å². The maximum Gasteiger partial charge on any atom is 0.240 e. The predicted molar refractivity (Wildman–Crippen MR) is 112 cm³/mol. The van der Waals surface area contributed by atoms with Crippen molar-refractivity contribution in [3.8, 4) is 11.5 Å². The van der Waals surface area contributed by atoms with Crippen LogP contribution in [0, 0.1) is 0 Å². The maximum absolute atomic E-state index is 12.6. The molecular weight excluding hydrogens is 392 g/mol. The molecule has 0 atom stereocenters. The smallest absolute Gasteiger partial charge is 0.240 e. The summed E-state index contributed by atoms with van der Waals surface area (Å²) in [5.74, 6) is 0.722. The van der Waals surface area contributed by atoms with E-state index in [-0.39, 0.29) is 23.8 Å². The molecule has 0 radical (unpaired) electrons. The zero-order valence-electron chi connectivity index (χ0n) is 17.1. The van der Waals surface area contributed by atoms with Crippen molar-refractivity contribution < 1.29 is 22.7 Å². The molecule has 2 aromatic rings. The lowest BCUT2D eigenvalue weighted by Gasteiger charge is -2.17. The molecule has 0 bridgehead atoms. The SMILES string of the molecule is CCOc1ccc(S(=O)(=O)NCCC(=O)N(C)Cc2ccccc2)cc1OCC. The van der Waals surface area contributed by atoms with E-state index in [1.807, 2.05) is 44.2 Å². The Morgan fingerprint density at radius 2 is 1.66 bits per heavy atom. The number of hydrogen-bond donors (Lipinski definition) is 1. The number of carbonyl (C=O) groups is 1. The van der Waals surface area contributed by atoms with Gasteiger partial charge < -0.3 is 14.4 Å². The van der Waals surface area contributed by atoms with Crippen molar-refractivity contribution in [1.29, 1.82) is 0 Å². The minimum Gasteiger partial charge on any atom is -0.490 e. The van der Waals surface area contributed by atoms with Gasteiger partial charge in [0.2, 0.25) is 15.9 Å². The Bertz CT molecular complexity index is 901. The van der Waals surface area contributed by atoms with Crippen LogP contribution in [0.15, 0.2) is 53.4 Å². The van der Waals surface area contributed by atoms with Crippen molar-refractivity contribution >= 4 is 15.9 Å². The molecule has 8 heteroatoms. The first-order chi connectivity index (χ1) is 13.9. The van der Waals surface area contributed by atoms with Gasteiger partial charge in [0.15, 0.2) is 11.5 Å². The van der Waals surface area contributed by atoms with Gasteiger partial charge in [-0.15, -0.1) is 0 Å². The molecule has 0 aromatic heterocycles. The summed E-state index contributed by atoms with van der Waals surface area (Å²) in [7, 11) is -2.07. The Hall–Kier alpha value is -2.58. The van der Waals surface area contributed by atoms with Gasteiger partial charge in [-0.25, -0.2) is 13.1 Å². The third-order valence-corrected chi connectivity index (χ3v) is 5.60. The topological polar surface area (TPSA) is 84.9 Å². The first-order valence-corrected chi connectivity index (χ1v) is 11.0. The lowest BCUT2D eigenvalue weighted by atomic mass is 10.2. The van der Waals surface area contributed by atoms with Gasteiger partial charge in [0.1, 0.15) is 0 Å². The number of amides is 1. The predicted octanol–water partition coefficient (Wildman–Crippen LogP) is 2.81. The highest BCUT2D eigenvalue weighted by Crippen LogP contribution is 2.30. The van der Waals surface area contributed by atoms with Gasteiger partial charge in [-0.3, -0.25) is 4.79 Å². The minimum atomic E-state index is -3.77. The van der Waals surface area contributed by atoms with Crippen LogP contribution in [-0.2, 0) is 21.4 Å². The van der Waals surface area contributed by atoms with Crippen LogP contribution in [0.1, 0.15) is 25.8 Å². The highest BCUT2D eigenvalue weighted by molar-refractivity contribution is 7.89. The molecule has 2 aromatic carbocycles. The molecule has 29 heavy (non-hydrogen) atoms. The molecule has 0 aliphatic heterocycles. The van der Waals surface area contributed by atoms with Crippen LogP contribution >= 0.6 is 0 Å². The average molecular weight is 421 g/mol. The summed E-state index contributed by atoms with van der Waals surface area (Å²) in [6.07, 6.45) is 0.0674. The molecule has 0 heterocycles. The second kappa shape index (κ2) is 10.8. The summed E-state index contributed by atoms with van der Waals surface area (Å²) in [5, 5.41) is 0. The van der Waals surface area contributed by atoms with Crippen molar-refractivity contribution in [2.45, 2.75) is 31.7 Å². The number of ether oxygens (including phenoxy) is 2. The molecule has 1 amide bonds. The van der Waals surface area contributed by atoms with Gasteiger partial charge in [-0.2, -0.15) is 0 Å². The summed E-state index contributed by atoms with van der Waals surface area (Å²) >= 11 is 0. The fourth-order valence-electron chi connectivity index (χ4n) is 2.71. The Labute approximate surface area is 172 Å². The van der Waals surface area contributed by atoms with Crippen LogP contribution in [0.4, 0.5) is 0 Å². The molecule has 0 aliphatic rings. The largest absolute Gasteiger partial charge is 0.490 e. The summed E-state index contributed by atoms with van der Waals surface area (Å²) in [6.45, 7) is 4.98. The summed E-state index contributed by atoms with van der Waals surface area (Å²) in [5.41, 5.74) is 1.02. The van der Waals surface area contributed by atoms with Gasteiger partial charge in [0.05, 0.1) is 18.1 Å². The molecule has 0 saturated carbocycles. The van der Waals surface area contributed by atoms with Crippen LogP contribution in [0.25, 0.3) is 0 Å². The molecule has 2 rings (SSSR count). The number of carbonyl (C=O) groups excluding carboxylic acids is 1. The van der Waals surface area contributed by atoms with Gasteiger partial charge in [0, 0.05) is 32.6 Å². The number of hydrogen-bond acceptors (Lipinski definition) is 5. The van der Waals surface area contributed by atoms with E-state index in [2.05, 4.69) is 4.72 Å². The molecule has 7 nitrogen and oxygen atoms in total. The van der Waals surface area contributed by atoms with E-state index in [1.54, 1.807) is 18.0 Å². The molecular formula is C21H28N2O5S. The van der Waals surface area contributed by atoms with Crippen LogP contribution < -0.4 is 14.2 Å². The normalized spacial score (nSPS) is 11.1. The molecule has 0 saturated heterocycles. The van der Waals surface area contributed by atoms with Crippen LogP contribution in [0.3, 0.4) is 0 Å². The van der Waals surface area contributed by atoms with Crippen molar-refractivity contribution in [3.05, 3.63) is 54.1 Å². The quantitative estimate of drug-likeness (QED) is 0.604. The minimum absolute atomic E-state index is 0.0114. The fraction of sp³-hybridized carbons (Fsp3) is 0.381. The average Bonchev–Trinajstić information content (AvgIpc) is 2.70. The highest BCUT2D eigenvalue weighted by atomic mass is 32.2. The fourth-order valence-corrected chi connectivity index (χ4v) is 3.76. The van der Waals surface area contributed by atoms with Crippen LogP contribution in [0.5, 0.6) is 11.5 Å². The third-order valence-electron chi connectivity index (χ3n) is 4.14. The second-order valence-electron chi connectivity index (χ2n) is 6.36. The lowest BCUT2D eigenvalue weighted by molar-refractivity contribution is -0.130. The summed E-state index contributed by atoms with van der Waals surface area (Å²) in [4.78, 5) is 13.9. The van der Waals surface area contributed by atoms with E-state index >= 15 is 0 Å². The maximum atomic E-state index is 12.6. The zero-order valence-corrected chi connectivity index (χ0v) is 17.9. The van der Waals surface area contributed by atoms with E-state index in [9.17, 15) is 13.2 Å². The summed E-state index contributed by atoms with van der Waals surface area (Å²) in [6, 6.07) is 14.1. The first kappa shape index (κ1) is 22.7. The molecule has 0 aliphatic carbocycles. The lowest BCUT2D eigenvalue weighted by Crippen LogP contribution is -2.32. The molecule has 0 spiro atoms. The Morgan fingerprint density at radius 1 is 1.00 bits per heavy atom. The van der Waals surface area contributed by atoms with Gasteiger partial charge in [-0.05, 0) is 31.5 Å². The van der Waals surface area contributed by atoms with Crippen LogP contribution in [0.2, 0.25) is 0 Å². The Kier molecular flexibility index (Phi) is 8.48. The highest BCUT2D eigenvalue weighted by Gasteiger charge is 2.18. The number of nitrogens with one attached hydrogen (secondary N) is 1. The van der Waals surface area contributed by atoms with Gasteiger partial charge in [0.25, 0.3) is 0 Å². The zero-order chi connectivity index (χ0) is 21.3. The van der Waals surface area contributed by atoms with E-state index < -0.39 is 10.0 Å². The number of sulfonamides is 1. The number of benzene rings is 2. The van der Waals surface area contributed by atoms with E-state index in [4.69, 9.17) is 9.47 Å². The second-order valence-corrected chi connectivity index (χ2v) is 8.12. The molecule has 0 unspecified atom stereocenters. The van der Waals surface area contributed by atoms with Crippen molar-refractivity contribution in [2.24, 2.45) is 0 Å². The molecule has 0 fully saturated rings. The van der Waals surface area contributed by atoms with E-state index in [0.29, 0.717) is 31.3 Å². The number of rotatable bonds is 11. The first-order valence-electron chi connectivity index (χ1n) is 9.54. The molecule has 158 valence electrons. The van der Waals surface area contributed by atoms with Crippen molar-refractivity contribution in [1.82, 2.24) is 9.62 Å². The molecule has 1 N–H and O–H groups in total. The van der Waals surface area contributed by atoms with E-state index in [0.717, 1.165) is 5.56 Å². The number of nitrogens with zero attached hydrogens (tertiary/aromatic N) is 1. The standard InChI is InChI=1S/C21H28N2O5S/c1-4-27-19-12-11-18(15-20(19)28-5-2)29(25,26)22-14-13-21(24)23(3)16-17-9-7-6-8-10-17/h6-12,15,22H,4-5,13-14,16H2,1-3H3. The van der Waals surface area contributed by atoms with Crippen LogP contribution in [-0.4, -0.2) is 46.0 Å². The van der Waals surface area contributed by atoms with Crippen molar-refractivity contribution in [2.75, 3.05) is 26.8 Å². The third kappa shape index (κ3) is 6.76. The Balaban J connectivity index is 1.95. The van der Waals surface area contributed by atoms with Gasteiger partial charge >= 0.3 is 0 Å². The van der Waals surface area contributed by atoms with Crippen molar-refractivity contribution in [3.63, 3.8) is 0 Å².